The van der Waals surface area contributed by atoms with Gasteiger partial charge in [-0.15, -0.1) is 0 Å². The molecule has 0 radical (unpaired) electrons. The highest BCUT2D eigenvalue weighted by atomic mass is 31.2. The Kier molecular flexibility index (Phi) is 5.03. The molecule has 4 heteroatoms. The summed E-state index contributed by atoms with van der Waals surface area (Å²) >= 11 is 0. The van der Waals surface area contributed by atoms with Crippen LogP contribution in [0.4, 0.5) is 0 Å². The predicted octanol–water partition coefficient (Wildman–Crippen LogP) is 3.19. The van der Waals surface area contributed by atoms with Crippen LogP contribution in [0.2, 0.25) is 0 Å². The van der Waals surface area contributed by atoms with E-state index >= 15 is 0 Å². The molecule has 0 heterocycles. The molecule has 1 rings (SSSR count). The van der Waals surface area contributed by atoms with Crippen LogP contribution in [0.3, 0.4) is 0 Å². The Hall–Kier alpha value is -0.630. The molecule has 0 saturated carbocycles. The van der Waals surface area contributed by atoms with Crippen molar-refractivity contribution in [3.63, 3.8) is 0 Å². The fourth-order valence-corrected chi connectivity index (χ4v) is 2.39. The lowest BCUT2D eigenvalue weighted by molar-refractivity contribution is 0.254. The lowest BCUT2D eigenvalue weighted by atomic mass is 10.2. The molecule has 0 saturated heterocycles. The smallest absolute Gasteiger partial charge is 0.324 e. The molecule has 0 aliphatic heterocycles. The summed E-state index contributed by atoms with van der Waals surface area (Å²) in [4.78, 5) is 9.53. The van der Waals surface area contributed by atoms with Crippen molar-refractivity contribution in [2.24, 2.45) is 0 Å². The second-order valence-corrected chi connectivity index (χ2v) is 5.32. The van der Waals surface area contributed by atoms with Crippen LogP contribution >= 0.6 is 7.60 Å². The molecule has 0 bridgehead atoms. The van der Waals surface area contributed by atoms with E-state index in [4.69, 9.17) is 4.52 Å². The van der Waals surface area contributed by atoms with Gasteiger partial charge in [-0.05, 0) is 12.0 Å². The maximum Gasteiger partial charge on any atom is 0.332 e. The van der Waals surface area contributed by atoms with Crippen molar-refractivity contribution < 1.29 is 14.0 Å². The summed E-state index contributed by atoms with van der Waals surface area (Å²) in [6, 6.07) is 9.23. The van der Waals surface area contributed by atoms with Gasteiger partial charge in [0.05, 0.1) is 12.8 Å². The van der Waals surface area contributed by atoms with E-state index in [1.807, 2.05) is 37.3 Å². The van der Waals surface area contributed by atoms with Gasteiger partial charge in [-0.1, -0.05) is 43.7 Å². The fourth-order valence-electron chi connectivity index (χ4n) is 1.21. The van der Waals surface area contributed by atoms with Crippen LogP contribution in [-0.4, -0.2) is 11.5 Å². The van der Waals surface area contributed by atoms with Crippen molar-refractivity contribution in [2.75, 3.05) is 6.61 Å². The summed E-state index contributed by atoms with van der Waals surface area (Å²) in [5.41, 5.74) is 0.833. The summed E-state index contributed by atoms with van der Waals surface area (Å²) in [5.74, 6) is 0. The van der Waals surface area contributed by atoms with E-state index in [9.17, 15) is 9.46 Å². The van der Waals surface area contributed by atoms with Crippen molar-refractivity contribution in [1.82, 2.24) is 0 Å². The Morgan fingerprint density at radius 3 is 2.60 bits per heavy atom. The van der Waals surface area contributed by atoms with Crippen LogP contribution < -0.4 is 0 Å². The van der Waals surface area contributed by atoms with Crippen molar-refractivity contribution in [1.29, 1.82) is 0 Å². The highest BCUT2D eigenvalue weighted by Gasteiger charge is 2.19. The number of hydrogen-bond acceptors (Lipinski definition) is 2. The monoisotopic (exact) mass is 228 g/mol. The molecule has 1 unspecified atom stereocenters. The molecule has 84 valence electrons. The van der Waals surface area contributed by atoms with Gasteiger partial charge in [0.25, 0.3) is 0 Å². The first-order chi connectivity index (χ1) is 7.14. The molecule has 0 amide bonds. The summed E-state index contributed by atoms with van der Waals surface area (Å²) in [5, 5.41) is 0. The first-order valence-electron chi connectivity index (χ1n) is 5.14. The zero-order valence-corrected chi connectivity index (χ0v) is 9.82. The molecular weight excluding hydrogens is 211 g/mol. The van der Waals surface area contributed by atoms with Crippen LogP contribution in [0.15, 0.2) is 30.3 Å². The van der Waals surface area contributed by atoms with Crippen molar-refractivity contribution in [3.8, 4) is 0 Å². The average molecular weight is 228 g/mol. The lowest BCUT2D eigenvalue weighted by Gasteiger charge is -2.11. The van der Waals surface area contributed by atoms with E-state index in [2.05, 4.69) is 0 Å². The summed E-state index contributed by atoms with van der Waals surface area (Å²) < 4.78 is 16.6. The molecule has 0 aliphatic rings. The Bertz CT molecular complexity index is 324. The van der Waals surface area contributed by atoms with E-state index in [1.54, 1.807) is 0 Å². The number of rotatable bonds is 6. The van der Waals surface area contributed by atoms with E-state index < -0.39 is 7.60 Å². The molecule has 1 atom stereocenters. The molecule has 1 N–H and O–H groups in total. The van der Waals surface area contributed by atoms with E-state index in [0.29, 0.717) is 6.61 Å². The Morgan fingerprint density at radius 1 is 1.33 bits per heavy atom. The topological polar surface area (TPSA) is 46.5 Å². The normalized spacial score (nSPS) is 14.8. The predicted molar refractivity (Wildman–Crippen MR) is 60.8 cm³/mol. The van der Waals surface area contributed by atoms with Gasteiger partial charge in [0.15, 0.2) is 0 Å². The van der Waals surface area contributed by atoms with Gasteiger partial charge < -0.3 is 9.42 Å². The molecule has 15 heavy (non-hydrogen) atoms. The number of unbranched alkanes of at least 4 members (excludes halogenated alkanes) is 1. The van der Waals surface area contributed by atoms with Crippen LogP contribution in [-0.2, 0) is 15.3 Å². The maximum absolute atomic E-state index is 11.6. The van der Waals surface area contributed by atoms with Crippen LogP contribution in [0, 0.1) is 0 Å². The van der Waals surface area contributed by atoms with Gasteiger partial charge in [-0.2, -0.15) is 0 Å². The standard InChI is InChI=1S/C11H17O3P/c1-2-3-9-14-15(12,13)10-11-7-5-4-6-8-11/h4-8H,2-3,9-10H2,1H3,(H,12,13). The second-order valence-electron chi connectivity index (χ2n) is 3.47. The molecule has 0 spiro atoms. The first-order valence-corrected chi connectivity index (χ1v) is 6.90. The first kappa shape index (κ1) is 12.4. The Labute approximate surface area is 90.6 Å². The summed E-state index contributed by atoms with van der Waals surface area (Å²) in [6.07, 6.45) is 1.88. The van der Waals surface area contributed by atoms with Gasteiger partial charge in [-0.25, -0.2) is 0 Å². The van der Waals surface area contributed by atoms with Gasteiger partial charge in [0.1, 0.15) is 0 Å². The minimum absolute atomic E-state index is 0.0948. The second kappa shape index (κ2) is 6.06. The van der Waals surface area contributed by atoms with E-state index in [1.165, 1.54) is 0 Å². The zero-order chi connectivity index (χ0) is 11.1. The Balaban J connectivity index is 2.46. The van der Waals surface area contributed by atoms with E-state index in [0.717, 1.165) is 18.4 Å². The molecule has 0 aromatic heterocycles. The SMILES string of the molecule is CCCCOP(=O)(O)Cc1ccccc1. The lowest BCUT2D eigenvalue weighted by Crippen LogP contribution is -1.95. The maximum atomic E-state index is 11.6. The average Bonchev–Trinajstić information content (AvgIpc) is 2.18. The van der Waals surface area contributed by atoms with Crippen LogP contribution in [0.25, 0.3) is 0 Å². The highest BCUT2D eigenvalue weighted by Crippen LogP contribution is 2.45. The molecule has 1 aromatic rings. The fraction of sp³-hybridized carbons (Fsp3) is 0.455. The number of benzene rings is 1. The summed E-state index contributed by atoms with van der Waals surface area (Å²) in [7, 11) is -3.44. The van der Waals surface area contributed by atoms with E-state index in [-0.39, 0.29) is 6.16 Å². The minimum Gasteiger partial charge on any atom is -0.324 e. The van der Waals surface area contributed by atoms with Crippen LogP contribution in [0.5, 0.6) is 0 Å². The molecule has 0 aliphatic carbocycles. The van der Waals surface area contributed by atoms with Gasteiger partial charge in [-0.3, -0.25) is 4.57 Å². The van der Waals surface area contributed by atoms with Crippen molar-refractivity contribution in [2.45, 2.75) is 25.9 Å². The van der Waals surface area contributed by atoms with Crippen LogP contribution in [0.1, 0.15) is 25.3 Å². The van der Waals surface area contributed by atoms with Gasteiger partial charge in [0.2, 0.25) is 0 Å². The Morgan fingerprint density at radius 2 is 2.00 bits per heavy atom. The quantitative estimate of drug-likeness (QED) is 0.600. The van der Waals surface area contributed by atoms with Gasteiger partial charge in [0, 0.05) is 0 Å². The minimum atomic E-state index is -3.44. The highest BCUT2D eigenvalue weighted by molar-refractivity contribution is 7.51. The summed E-state index contributed by atoms with van der Waals surface area (Å²) in [6.45, 7) is 2.37. The third-order valence-electron chi connectivity index (χ3n) is 2.02. The van der Waals surface area contributed by atoms with Gasteiger partial charge >= 0.3 is 7.60 Å². The number of hydrogen-bond donors (Lipinski definition) is 1. The molecular formula is C11H17O3P. The third-order valence-corrected chi connectivity index (χ3v) is 3.37. The molecule has 1 aromatic carbocycles. The molecule has 3 nitrogen and oxygen atoms in total. The van der Waals surface area contributed by atoms with Crippen molar-refractivity contribution in [3.05, 3.63) is 35.9 Å². The third kappa shape index (κ3) is 5.12. The zero-order valence-electron chi connectivity index (χ0n) is 8.93. The van der Waals surface area contributed by atoms with Crippen molar-refractivity contribution >= 4 is 7.60 Å². The largest absolute Gasteiger partial charge is 0.332 e. The molecule has 0 fully saturated rings.